The van der Waals surface area contributed by atoms with E-state index in [4.69, 9.17) is 9.15 Å². The normalized spacial score (nSPS) is 14.8. The number of hydrogen-bond donors (Lipinski definition) is 1. The Hall–Kier alpha value is -3.11. The van der Waals surface area contributed by atoms with Crippen molar-refractivity contribution in [1.82, 2.24) is 8.87 Å². The summed E-state index contributed by atoms with van der Waals surface area (Å²) < 4.78 is 38.6. The maximum atomic E-state index is 12.8. The van der Waals surface area contributed by atoms with Gasteiger partial charge in [0.1, 0.15) is 12.3 Å². The third-order valence-electron chi connectivity index (χ3n) is 5.27. The van der Waals surface area contributed by atoms with Gasteiger partial charge in [-0.1, -0.05) is 6.07 Å². The molecule has 10 heteroatoms. The van der Waals surface area contributed by atoms with Crippen molar-refractivity contribution in [3.05, 3.63) is 52.5 Å². The van der Waals surface area contributed by atoms with E-state index in [1.807, 2.05) is 13.0 Å². The zero-order chi connectivity index (χ0) is 22.2. The Kier molecular flexibility index (Phi) is 5.59. The van der Waals surface area contributed by atoms with Crippen LogP contribution in [0.25, 0.3) is 11.1 Å². The number of amides is 1. The number of benzene rings is 2. The summed E-state index contributed by atoms with van der Waals surface area (Å²) in [7, 11) is -2.14. The first-order valence-electron chi connectivity index (χ1n) is 9.87. The molecule has 1 aliphatic heterocycles. The van der Waals surface area contributed by atoms with Gasteiger partial charge in [0, 0.05) is 19.2 Å². The van der Waals surface area contributed by atoms with Crippen LogP contribution in [0.15, 0.2) is 50.5 Å². The molecule has 1 fully saturated rings. The smallest absolute Gasteiger partial charge is 0.420 e. The highest BCUT2D eigenvalue weighted by Gasteiger charge is 2.28. The van der Waals surface area contributed by atoms with Crippen LogP contribution in [0.3, 0.4) is 0 Å². The van der Waals surface area contributed by atoms with Crippen molar-refractivity contribution in [3.8, 4) is 5.75 Å². The number of oxazole rings is 1. The number of carbonyl (C=O) groups is 1. The Labute approximate surface area is 179 Å². The maximum Gasteiger partial charge on any atom is 0.420 e. The van der Waals surface area contributed by atoms with Gasteiger partial charge in [-0.15, -0.1) is 0 Å². The summed E-state index contributed by atoms with van der Waals surface area (Å²) in [6.07, 6.45) is 1.65. The van der Waals surface area contributed by atoms with Crippen LogP contribution in [0.5, 0.6) is 5.75 Å². The number of nitrogens with zero attached hydrogens (tertiary/aromatic N) is 2. The second-order valence-electron chi connectivity index (χ2n) is 7.45. The average Bonchev–Trinajstić information content (AvgIpc) is 3.37. The number of fused-ring (bicyclic) bond motifs is 1. The van der Waals surface area contributed by atoms with Crippen LogP contribution in [0.2, 0.25) is 0 Å². The molecule has 1 N–H and O–H groups in total. The zero-order valence-corrected chi connectivity index (χ0v) is 18.1. The van der Waals surface area contributed by atoms with E-state index >= 15 is 0 Å². The topological polar surface area (TPSA) is 111 Å². The molecule has 3 aromatic rings. The van der Waals surface area contributed by atoms with Gasteiger partial charge in [0.2, 0.25) is 15.9 Å². The van der Waals surface area contributed by atoms with Gasteiger partial charge >= 0.3 is 5.76 Å². The van der Waals surface area contributed by atoms with E-state index in [1.165, 1.54) is 34.2 Å². The first-order chi connectivity index (χ1) is 14.8. The number of hydrogen-bond acceptors (Lipinski definition) is 6. The van der Waals surface area contributed by atoms with E-state index < -0.39 is 21.7 Å². The molecule has 0 bridgehead atoms. The van der Waals surface area contributed by atoms with Crippen molar-refractivity contribution < 1.29 is 22.4 Å². The van der Waals surface area contributed by atoms with E-state index in [9.17, 15) is 18.0 Å². The number of nitrogens with one attached hydrogen (secondary N) is 1. The molecular formula is C21H23N3O6S. The van der Waals surface area contributed by atoms with Gasteiger partial charge in [-0.3, -0.25) is 9.36 Å². The van der Waals surface area contributed by atoms with Crippen molar-refractivity contribution in [2.24, 2.45) is 0 Å². The predicted octanol–water partition coefficient (Wildman–Crippen LogP) is 2.33. The van der Waals surface area contributed by atoms with E-state index in [0.717, 1.165) is 18.4 Å². The standard InChI is InChI=1S/C21H23N3O6S/c1-14-5-8-18(29-2)16(11-14)22-20(25)13-24-17-7-6-15(12-19(17)30-21(24)26)31(27,28)23-9-3-4-10-23/h5-8,11-12H,3-4,9-10,13H2,1-2H3,(H,22,25). The van der Waals surface area contributed by atoms with E-state index in [1.54, 1.807) is 12.1 Å². The van der Waals surface area contributed by atoms with Gasteiger partial charge in [0.05, 0.1) is 23.2 Å². The molecule has 2 heterocycles. The van der Waals surface area contributed by atoms with Crippen LogP contribution in [0.4, 0.5) is 5.69 Å². The minimum absolute atomic E-state index is 0.0664. The molecule has 9 nitrogen and oxygen atoms in total. The minimum Gasteiger partial charge on any atom is -0.495 e. The molecular weight excluding hydrogens is 422 g/mol. The molecule has 4 rings (SSSR count). The third kappa shape index (κ3) is 4.08. The van der Waals surface area contributed by atoms with E-state index in [0.29, 0.717) is 30.0 Å². The molecule has 1 saturated heterocycles. The lowest BCUT2D eigenvalue weighted by molar-refractivity contribution is -0.116. The molecule has 0 atom stereocenters. The lowest BCUT2D eigenvalue weighted by atomic mass is 10.2. The van der Waals surface area contributed by atoms with E-state index in [2.05, 4.69) is 5.32 Å². The molecule has 2 aromatic carbocycles. The van der Waals surface area contributed by atoms with Crippen molar-refractivity contribution in [3.63, 3.8) is 0 Å². The van der Waals surface area contributed by atoms with Gasteiger partial charge in [-0.05, 0) is 49.6 Å². The van der Waals surface area contributed by atoms with Gasteiger partial charge < -0.3 is 14.5 Å². The molecule has 164 valence electrons. The van der Waals surface area contributed by atoms with Crippen molar-refractivity contribution in [2.45, 2.75) is 31.2 Å². The number of sulfonamides is 1. The van der Waals surface area contributed by atoms with E-state index in [-0.39, 0.29) is 17.0 Å². The number of anilines is 1. The van der Waals surface area contributed by atoms with Gasteiger partial charge in [-0.25, -0.2) is 13.2 Å². The third-order valence-corrected chi connectivity index (χ3v) is 7.17. The minimum atomic E-state index is -3.64. The highest BCUT2D eigenvalue weighted by molar-refractivity contribution is 7.89. The van der Waals surface area contributed by atoms with Crippen molar-refractivity contribution >= 4 is 32.7 Å². The van der Waals surface area contributed by atoms with Gasteiger partial charge in [-0.2, -0.15) is 4.31 Å². The number of aromatic nitrogens is 1. The molecule has 0 spiro atoms. The summed E-state index contributed by atoms with van der Waals surface area (Å²) in [4.78, 5) is 25.0. The highest BCUT2D eigenvalue weighted by atomic mass is 32.2. The average molecular weight is 445 g/mol. The van der Waals surface area contributed by atoms with Crippen LogP contribution < -0.4 is 15.8 Å². The van der Waals surface area contributed by atoms with Gasteiger partial charge in [0.25, 0.3) is 0 Å². The molecule has 0 aliphatic carbocycles. The maximum absolute atomic E-state index is 12.8. The fraction of sp³-hybridized carbons (Fsp3) is 0.333. The summed E-state index contributed by atoms with van der Waals surface area (Å²) in [5.74, 6) is -0.681. The lowest BCUT2D eigenvalue weighted by Gasteiger charge is -2.15. The van der Waals surface area contributed by atoms with Crippen molar-refractivity contribution in [1.29, 1.82) is 0 Å². The van der Waals surface area contributed by atoms with Crippen LogP contribution >= 0.6 is 0 Å². The predicted molar refractivity (Wildman–Crippen MR) is 115 cm³/mol. The zero-order valence-electron chi connectivity index (χ0n) is 17.3. The summed E-state index contributed by atoms with van der Waals surface area (Å²) in [5.41, 5.74) is 1.89. The van der Waals surface area contributed by atoms with Crippen LogP contribution in [0, 0.1) is 6.92 Å². The molecule has 1 aromatic heterocycles. The number of ether oxygens (including phenoxy) is 1. The van der Waals surface area contributed by atoms with Crippen LogP contribution in [0.1, 0.15) is 18.4 Å². The van der Waals surface area contributed by atoms with Crippen molar-refractivity contribution in [2.75, 3.05) is 25.5 Å². The first-order valence-corrected chi connectivity index (χ1v) is 11.3. The summed E-state index contributed by atoms with van der Waals surface area (Å²) in [5, 5.41) is 2.74. The second-order valence-corrected chi connectivity index (χ2v) is 9.38. The molecule has 0 saturated carbocycles. The SMILES string of the molecule is COc1ccc(C)cc1NC(=O)Cn1c(=O)oc2cc(S(=O)(=O)N3CCCC3)ccc21. The molecule has 0 unspecified atom stereocenters. The van der Waals surface area contributed by atoms with Gasteiger partial charge in [0.15, 0.2) is 5.58 Å². The quantitative estimate of drug-likeness (QED) is 0.624. The molecule has 1 amide bonds. The largest absolute Gasteiger partial charge is 0.495 e. The Morgan fingerprint density at radius 3 is 2.61 bits per heavy atom. The first kappa shape index (κ1) is 21.1. The monoisotopic (exact) mass is 445 g/mol. The number of aryl methyl sites for hydroxylation is 1. The Bertz CT molecular complexity index is 1300. The fourth-order valence-corrected chi connectivity index (χ4v) is 5.22. The fourth-order valence-electron chi connectivity index (χ4n) is 3.69. The number of carbonyl (C=O) groups excluding carboxylic acids is 1. The molecule has 31 heavy (non-hydrogen) atoms. The molecule has 0 radical (unpaired) electrons. The Balaban J connectivity index is 1.60. The summed E-state index contributed by atoms with van der Waals surface area (Å²) in [6, 6.07) is 9.63. The Morgan fingerprint density at radius 1 is 1.16 bits per heavy atom. The van der Waals surface area contributed by atoms with Crippen LogP contribution in [-0.2, 0) is 21.4 Å². The summed E-state index contributed by atoms with van der Waals surface area (Å²) >= 11 is 0. The molecule has 1 aliphatic rings. The lowest BCUT2D eigenvalue weighted by Crippen LogP contribution is -2.27. The second kappa shape index (κ2) is 8.20. The number of rotatable bonds is 6. The number of methoxy groups -OCH3 is 1. The Morgan fingerprint density at radius 2 is 1.90 bits per heavy atom. The van der Waals surface area contributed by atoms with Crippen LogP contribution in [-0.4, -0.2) is 43.4 Å². The highest BCUT2D eigenvalue weighted by Crippen LogP contribution is 2.26. The summed E-state index contributed by atoms with van der Waals surface area (Å²) in [6.45, 7) is 2.56.